The summed E-state index contributed by atoms with van der Waals surface area (Å²) in [5.74, 6) is 1.99. The van der Waals surface area contributed by atoms with Crippen LogP contribution in [0.25, 0.3) is 11.2 Å². The summed E-state index contributed by atoms with van der Waals surface area (Å²) in [7, 11) is 1.69. The average molecular weight is 279 g/mol. The lowest BCUT2D eigenvalue weighted by Crippen LogP contribution is -2.03. The van der Waals surface area contributed by atoms with Crippen LogP contribution in [0.2, 0.25) is 0 Å². The van der Waals surface area contributed by atoms with Crippen molar-refractivity contribution in [3.05, 3.63) is 54.0 Å². The van der Waals surface area contributed by atoms with Gasteiger partial charge >= 0.3 is 0 Å². The van der Waals surface area contributed by atoms with Crippen LogP contribution in [-0.4, -0.2) is 21.6 Å². The summed E-state index contributed by atoms with van der Waals surface area (Å²) < 4.78 is 7.53. The Bertz CT molecular complexity index is 772. The van der Waals surface area contributed by atoms with Crippen molar-refractivity contribution in [3.8, 4) is 5.75 Å². The smallest absolute Gasteiger partial charge is 0.160 e. The van der Waals surface area contributed by atoms with E-state index in [0.717, 1.165) is 29.2 Å². The summed E-state index contributed by atoms with van der Waals surface area (Å²) in [5, 5.41) is 0. The molecule has 0 saturated heterocycles. The van der Waals surface area contributed by atoms with Crippen molar-refractivity contribution in [1.82, 2.24) is 14.5 Å². The summed E-state index contributed by atoms with van der Waals surface area (Å²) in [4.78, 5) is 9.29. The predicted molar refractivity (Wildman–Crippen MR) is 81.6 cm³/mol. The van der Waals surface area contributed by atoms with Crippen LogP contribution >= 0.6 is 0 Å². The van der Waals surface area contributed by atoms with Gasteiger partial charge < -0.3 is 9.30 Å². The third kappa shape index (κ3) is 2.27. The molecular weight excluding hydrogens is 262 g/mol. The van der Waals surface area contributed by atoms with Crippen LogP contribution in [0.5, 0.6) is 5.75 Å². The number of hydrogen-bond donors (Lipinski definition) is 0. The molecule has 0 N–H and O–H groups in total. The number of aromatic nitrogens is 3. The Morgan fingerprint density at radius 1 is 1.19 bits per heavy atom. The maximum Gasteiger partial charge on any atom is 0.160 e. The molecule has 1 fully saturated rings. The van der Waals surface area contributed by atoms with Gasteiger partial charge in [-0.25, -0.2) is 9.97 Å². The van der Waals surface area contributed by atoms with Gasteiger partial charge in [-0.3, -0.25) is 0 Å². The lowest BCUT2D eigenvalue weighted by atomic mass is 10.1. The highest BCUT2D eigenvalue weighted by Crippen LogP contribution is 2.38. The molecule has 1 aromatic carbocycles. The van der Waals surface area contributed by atoms with E-state index in [9.17, 15) is 0 Å². The molecule has 21 heavy (non-hydrogen) atoms. The molecule has 4 heteroatoms. The van der Waals surface area contributed by atoms with Crippen LogP contribution in [0.1, 0.15) is 30.3 Å². The van der Waals surface area contributed by atoms with Gasteiger partial charge in [0.25, 0.3) is 0 Å². The molecule has 4 nitrogen and oxygen atoms in total. The quantitative estimate of drug-likeness (QED) is 0.735. The topological polar surface area (TPSA) is 39.9 Å². The fraction of sp³-hybridized carbons (Fsp3) is 0.294. The summed E-state index contributed by atoms with van der Waals surface area (Å²) in [5.41, 5.74) is 3.25. The molecular formula is C17H17N3O. The minimum absolute atomic E-state index is 0.582. The number of benzene rings is 1. The predicted octanol–water partition coefficient (Wildman–Crippen LogP) is 3.37. The molecule has 0 bridgehead atoms. The van der Waals surface area contributed by atoms with Crippen LogP contribution in [0.3, 0.4) is 0 Å². The number of hydrogen-bond acceptors (Lipinski definition) is 3. The van der Waals surface area contributed by atoms with E-state index in [2.05, 4.69) is 21.7 Å². The van der Waals surface area contributed by atoms with Gasteiger partial charge in [0.1, 0.15) is 17.1 Å². The molecule has 106 valence electrons. The SMILES string of the molecule is COc1ccc(Cc2nc3cccnc3n2C2CC2)cc1. The highest BCUT2D eigenvalue weighted by Gasteiger charge is 2.28. The van der Waals surface area contributed by atoms with E-state index in [1.165, 1.54) is 18.4 Å². The van der Waals surface area contributed by atoms with Crippen LogP contribution in [-0.2, 0) is 6.42 Å². The van der Waals surface area contributed by atoms with Crippen LogP contribution < -0.4 is 4.74 Å². The highest BCUT2D eigenvalue weighted by molar-refractivity contribution is 5.71. The van der Waals surface area contributed by atoms with E-state index < -0.39 is 0 Å². The zero-order valence-corrected chi connectivity index (χ0v) is 12.0. The minimum atomic E-state index is 0.582. The Hall–Kier alpha value is -2.36. The average Bonchev–Trinajstić information content (AvgIpc) is 3.29. The number of rotatable bonds is 4. The zero-order valence-electron chi connectivity index (χ0n) is 12.0. The molecule has 1 saturated carbocycles. The summed E-state index contributed by atoms with van der Waals surface area (Å²) in [6.45, 7) is 0. The molecule has 0 aliphatic heterocycles. The van der Waals surface area contributed by atoms with Gasteiger partial charge in [0, 0.05) is 18.7 Å². The first-order chi connectivity index (χ1) is 10.3. The molecule has 0 radical (unpaired) electrons. The second-order valence-corrected chi connectivity index (χ2v) is 5.50. The van der Waals surface area contributed by atoms with Gasteiger partial charge in [-0.05, 0) is 42.7 Å². The maximum absolute atomic E-state index is 5.21. The second-order valence-electron chi connectivity index (χ2n) is 5.50. The summed E-state index contributed by atoms with van der Waals surface area (Å²) in [6.07, 6.45) is 5.15. The van der Waals surface area contributed by atoms with Gasteiger partial charge in [-0.2, -0.15) is 0 Å². The summed E-state index contributed by atoms with van der Waals surface area (Å²) >= 11 is 0. The Morgan fingerprint density at radius 3 is 2.71 bits per heavy atom. The fourth-order valence-electron chi connectivity index (χ4n) is 2.74. The lowest BCUT2D eigenvalue weighted by molar-refractivity contribution is 0.414. The first kappa shape index (κ1) is 12.4. The Labute approximate surface area is 123 Å². The Morgan fingerprint density at radius 2 is 2.00 bits per heavy atom. The Kier molecular flexibility index (Phi) is 2.88. The molecule has 0 spiro atoms. The third-order valence-corrected chi connectivity index (χ3v) is 3.96. The molecule has 0 amide bonds. The van der Waals surface area contributed by atoms with Crippen molar-refractivity contribution in [2.75, 3.05) is 7.11 Å². The molecule has 1 aliphatic carbocycles. The molecule has 2 heterocycles. The molecule has 1 aliphatic rings. The van der Waals surface area contributed by atoms with Gasteiger partial charge in [0.15, 0.2) is 5.65 Å². The van der Waals surface area contributed by atoms with Crippen molar-refractivity contribution in [1.29, 1.82) is 0 Å². The number of ether oxygens (including phenoxy) is 1. The number of nitrogens with zero attached hydrogens (tertiary/aromatic N) is 3. The van der Waals surface area contributed by atoms with E-state index in [4.69, 9.17) is 9.72 Å². The first-order valence-electron chi connectivity index (χ1n) is 7.30. The van der Waals surface area contributed by atoms with E-state index in [1.54, 1.807) is 7.11 Å². The van der Waals surface area contributed by atoms with Crippen molar-refractivity contribution in [2.24, 2.45) is 0 Å². The van der Waals surface area contributed by atoms with E-state index in [-0.39, 0.29) is 0 Å². The van der Waals surface area contributed by atoms with Crippen molar-refractivity contribution in [3.63, 3.8) is 0 Å². The van der Waals surface area contributed by atoms with Crippen molar-refractivity contribution >= 4 is 11.2 Å². The van der Waals surface area contributed by atoms with Crippen LogP contribution in [0, 0.1) is 0 Å². The molecule has 2 aromatic heterocycles. The zero-order chi connectivity index (χ0) is 14.2. The molecule has 0 atom stereocenters. The van der Waals surface area contributed by atoms with Crippen molar-refractivity contribution < 1.29 is 4.74 Å². The van der Waals surface area contributed by atoms with E-state index >= 15 is 0 Å². The molecule has 3 aromatic rings. The van der Waals surface area contributed by atoms with Crippen molar-refractivity contribution in [2.45, 2.75) is 25.3 Å². The third-order valence-electron chi connectivity index (χ3n) is 3.96. The van der Waals surface area contributed by atoms with Gasteiger partial charge in [0.05, 0.1) is 7.11 Å². The molecule has 4 rings (SSSR count). The number of methoxy groups -OCH3 is 1. The number of imidazole rings is 1. The number of pyridine rings is 1. The fourth-order valence-corrected chi connectivity index (χ4v) is 2.74. The first-order valence-corrected chi connectivity index (χ1v) is 7.30. The van der Waals surface area contributed by atoms with Gasteiger partial charge in [0.2, 0.25) is 0 Å². The number of fused-ring (bicyclic) bond motifs is 1. The van der Waals surface area contributed by atoms with Crippen LogP contribution in [0.4, 0.5) is 0 Å². The molecule has 0 unspecified atom stereocenters. The second kappa shape index (κ2) is 4.88. The largest absolute Gasteiger partial charge is 0.497 e. The monoisotopic (exact) mass is 279 g/mol. The van der Waals surface area contributed by atoms with Crippen LogP contribution in [0.15, 0.2) is 42.6 Å². The van der Waals surface area contributed by atoms with Gasteiger partial charge in [-0.1, -0.05) is 12.1 Å². The van der Waals surface area contributed by atoms with E-state index in [1.807, 2.05) is 30.5 Å². The summed E-state index contributed by atoms with van der Waals surface area (Å²) in [6, 6.07) is 12.8. The normalized spacial score (nSPS) is 14.5. The van der Waals surface area contributed by atoms with Gasteiger partial charge in [-0.15, -0.1) is 0 Å². The highest BCUT2D eigenvalue weighted by atomic mass is 16.5. The lowest BCUT2D eigenvalue weighted by Gasteiger charge is -2.07. The minimum Gasteiger partial charge on any atom is -0.497 e. The maximum atomic E-state index is 5.21. The Balaban J connectivity index is 1.73. The standard InChI is InChI=1S/C17H17N3O/c1-21-14-8-4-12(5-9-14)11-16-19-15-3-2-10-18-17(15)20(16)13-6-7-13/h2-5,8-10,13H,6-7,11H2,1H3. The van der Waals surface area contributed by atoms with E-state index in [0.29, 0.717) is 6.04 Å².